The molecule has 0 aliphatic carbocycles. The molecule has 1 amide bonds. The Morgan fingerprint density at radius 1 is 1.10 bits per heavy atom. The number of nitrogens with one attached hydrogen (secondary N) is 1. The minimum absolute atomic E-state index is 0.0246. The number of nitrogens with zero attached hydrogens (tertiary/aromatic N) is 3. The van der Waals surface area contributed by atoms with Crippen molar-refractivity contribution in [3.05, 3.63) is 69.7 Å². The molecule has 0 saturated heterocycles. The maximum Gasteiger partial charge on any atom is 0.268 e. The zero-order valence-electron chi connectivity index (χ0n) is 17.5. The van der Waals surface area contributed by atoms with Gasteiger partial charge < -0.3 is 9.47 Å². The molecule has 1 heterocycles. The van der Waals surface area contributed by atoms with Crippen LogP contribution < -0.4 is 14.8 Å². The number of anilines is 1. The van der Waals surface area contributed by atoms with Gasteiger partial charge in [0.2, 0.25) is 5.13 Å². The summed E-state index contributed by atoms with van der Waals surface area (Å²) in [7, 11) is 0. The van der Waals surface area contributed by atoms with Crippen LogP contribution in [-0.4, -0.2) is 29.3 Å². The van der Waals surface area contributed by atoms with Crippen molar-refractivity contribution >= 4 is 28.5 Å². The molecule has 0 saturated carbocycles. The largest absolute Gasteiger partial charge is 0.490 e. The number of aryl methyl sites for hydroxylation is 3. The third kappa shape index (κ3) is 6.39. The number of hydrogen-bond donors (Lipinski definition) is 1. The van der Waals surface area contributed by atoms with Crippen LogP contribution in [0, 0.1) is 32.1 Å². The Hall–Kier alpha value is -3.70. The van der Waals surface area contributed by atoms with E-state index in [1.54, 1.807) is 31.2 Å². The highest BCUT2D eigenvalue weighted by atomic mass is 32.1. The minimum atomic E-state index is -0.525. The first kappa shape index (κ1) is 22.0. The lowest BCUT2D eigenvalue weighted by Crippen LogP contribution is -2.13. The highest BCUT2D eigenvalue weighted by molar-refractivity contribution is 7.15. The highest BCUT2D eigenvalue weighted by Gasteiger charge is 2.12. The summed E-state index contributed by atoms with van der Waals surface area (Å²) >= 11 is 1.24. The molecule has 7 nitrogen and oxygen atoms in total. The van der Waals surface area contributed by atoms with E-state index in [1.807, 2.05) is 38.1 Å². The first-order chi connectivity index (χ1) is 14.9. The molecular formula is C23H22N4O3S. The van der Waals surface area contributed by atoms with Gasteiger partial charge in [0.05, 0.1) is 0 Å². The third-order valence-corrected chi connectivity index (χ3v) is 5.01. The molecule has 2 aromatic carbocycles. The van der Waals surface area contributed by atoms with Crippen LogP contribution in [0.4, 0.5) is 5.13 Å². The van der Waals surface area contributed by atoms with Crippen LogP contribution >= 0.6 is 11.3 Å². The van der Waals surface area contributed by atoms with Gasteiger partial charge in [-0.1, -0.05) is 35.6 Å². The summed E-state index contributed by atoms with van der Waals surface area (Å²) in [5, 5.41) is 20.6. The number of rotatable bonds is 8. The van der Waals surface area contributed by atoms with Crippen LogP contribution in [0.3, 0.4) is 0 Å². The number of carbonyl (C=O) groups excluding carboxylic acids is 1. The fourth-order valence-corrected chi connectivity index (χ4v) is 3.25. The van der Waals surface area contributed by atoms with Crippen LogP contribution in [0.5, 0.6) is 11.5 Å². The summed E-state index contributed by atoms with van der Waals surface area (Å²) in [6.45, 7) is 6.64. The number of ether oxygens (including phenoxy) is 2. The number of hydrogen-bond acceptors (Lipinski definition) is 7. The fraction of sp³-hybridized carbons (Fsp3) is 0.217. The van der Waals surface area contributed by atoms with Crippen molar-refractivity contribution in [1.29, 1.82) is 5.26 Å². The molecule has 0 aliphatic rings. The summed E-state index contributed by atoms with van der Waals surface area (Å²) in [6, 6.07) is 15.1. The van der Waals surface area contributed by atoms with Crippen molar-refractivity contribution in [2.75, 3.05) is 18.5 Å². The van der Waals surface area contributed by atoms with Crippen molar-refractivity contribution in [2.45, 2.75) is 20.8 Å². The van der Waals surface area contributed by atoms with E-state index in [-0.39, 0.29) is 5.57 Å². The van der Waals surface area contributed by atoms with E-state index in [0.29, 0.717) is 29.7 Å². The van der Waals surface area contributed by atoms with E-state index in [4.69, 9.17) is 9.47 Å². The van der Waals surface area contributed by atoms with E-state index in [1.165, 1.54) is 17.4 Å². The molecule has 31 heavy (non-hydrogen) atoms. The van der Waals surface area contributed by atoms with Gasteiger partial charge in [-0.2, -0.15) is 5.26 Å². The van der Waals surface area contributed by atoms with Crippen molar-refractivity contribution in [3.8, 4) is 17.6 Å². The first-order valence-corrected chi connectivity index (χ1v) is 10.4. The van der Waals surface area contributed by atoms with Crippen molar-refractivity contribution in [2.24, 2.45) is 0 Å². The molecule has 1 N–H and O–H groups in total. The van der Waals surface area contributed by atoms with Gasteiger partial charge in [0.1, 0.15) is 41.4 Å². The van der Waals surface area contributed by atoms with Crippen LogP contribution in [0.2, 0.25) is 0 Å². The van der Waals surface area contributed by atoms with Gasteiger partial charge in [0, 0.05) is 0 Å². The monoisotopic (exact) mass is 434 g/mol. The van der Waals surface area contributed by atoms with Crippen LogP contribution in [-0.2, 0) is 4.79 Å². The molecule has 3 rings (SSSR count). The Morgan fingerprint density at radius 3 is 2.52 bits per heavy atom. The van der Waals surface area contributed by atoms with Crippen molar-refractivity contribution in [1.82, 2.24) is 10.2 Å². The summed E-state index contributed by atoms with van der Waals surface area (Å²) < 4.78 is 11.5. The average Bonchev–Trinajstić information content (AvgIpc) is 3.17. The van der Waals surface area contributed by atoms with Crippen molar-refractivity contribution < 1.29 is 14.3 Å². The SMILES string of the molecule is Cc1ccc(C)c(OCCOc2ccc(C=C(C#N)C(=O)Nc3nnc(C)s3)cc2)c1. The quantitative estimate of drug-likeness (QED) is 0.319. The zero-order valence-corrected chi connectivity index (χ0v) is 18.3. The molecule has 0 unspecified atom stereocenters. The second kappa shape index (κ2) is 10.4. The molecular weight excluding hydrogens is 412 g/mol. The third-order valence-electron chi connectivity index (χ3n) is 4.26. The molecule has 0 aliphatic heterocycles. The predicted molar refractivity (Wildman–Crippen MR) is 120 cm³/mol. The van der Waals surface area contributed by atoms with Crippen LogP contribution in [0.15, 0.2) is 48.0 Å². The fourth-order valence-electron chi connectivity index (χ4n) is 2.66. The molecule has 0 spiro atoms. The molecule has 0 atom stereocenters. The maximum absolute atomic E-state index is 12.3. The Bertz CT molecular complexity index is 1130. The molecule has 8 heteroatoms. The second-order valence-electron chi connectivity index (χ2n) is 6.79. The van der Waals surface area contributed by atoms with E-state index in [0.717, 1.165) is 21.9 Å². The number of carbonyl (C=O) groups is 1. The summed E-state index contributed by atoms with van der Waals surface area (Å²) in [5.41, 5.74) is 2.91. The zero-order chi connectivity index (χ0) is 22.2. The molecule has 0 radical (unpaired) electrons. The number of nitriles is 1. The topological polar surface area (TPSA) is 97.1 Å². The minimum Gasteiger partial charge on any atom is -0.490 e. The first-order valence-electron chi connectivity index (χ1n) is 9.61. The van der Waals surface area contributed by atoms with Gasteiger partial charge in [-0.3, -0.25) is 10.1 Å². The number of aromatic nitrogens is 2. The van der Waals surface area contributed by atoms with Gasteiger partial charge >= 0.3 is 0 Å². The lowest BCUT2D eigenvalue weighted by molar-refractivity contribution is -0.112. The van der Waals surface area contributed by atoms with E-state index in [2.05, 4.69) is 15.5 Å². The van der Waals surface area contributed by atoms with Gasteiger partial charge in [0.15, 0.2) is 0 Å². The lowest BCUT2D eigenvalue weighted by Gasteiger charge is -2.11. The van der Waals surface area contributed by atoms with Gasteiger partial charge in [-0.25, -0.2) is 0 Å². The molecule has 158 valence electrons. The Balaban J connectivity index is 1.53. The highest BCUT2D eigenvalue weighted by Crippen LogP contribution is 2.20. The molecule has 0 bridgehead atoms. The summed E-state index contributed by atoms with van der Waals surface area (Å²) in [5.74, 6) is 1.01. The Morgan fingerprint density at radius 2 is 1.84 bits per heavy atom. The molecule has 0 fully saturated rings. The van der Waals surface area contributed by atoms with Crippen LogP contribution in [0.25, 0.3) is 6.08 Å². The van der Waals surface area contributed by atoms with Crippen molar-refractivity contribution in [3.63, 3.8) is 0 Å². The Kier molecular flexibility index (Phi) is 7.35. The average molecular weight is 435 g/mol. The lowest BCUT2D eigenvalue weighted by atomic mass is 10.1. The molecule has 1 aromatic heterocycles. The van der Waals surface area contributed by atoms with Gasteiger partial charge in [-0.15, -0.1) is 10.2 Å². The maximum atomic E-state index is 12.3. The number of benzene rings is 2. The van der Waals surface area contributed by atoms with Gasteiger partial charge in [0.25, 0.3) is 5.91 Å². The number of amides is 1. The van der Waals surface area contributed by atoms with E-state index < -0.39 is 5.91 Å². The molecule has 3 aromatic rings. The summed E-state index contributed by atoms with van der Waals surface area (Å²) in [4.78, 5) is 12.3. The Labute approximate surface area is 185 Å². The van der Waals surface area contributed by atoms with Crippen LogP contribution in [0.1, 0.15) is 21.7 Å². The predicted octanol–water partition coefficient (Wildman–Crippen LogP) is 4.47. The van der Waals surface area contributed by atoms with E-state index >= 15 is 0 Å². The van der Waals surface area contributed by atoms with E-state index in [9.17, 15) is 10.1 Å². The summed E-state index contributed by atoms with van der Waals surface area (Å²) in [6.07, 6.45) is 1.51. The second-order valence-corrected chi connectivity index (χ2v) is 7.97. The normalized spacial score (nSPS) is 11.0. The smallest absolute Gasteiger partial charge is 0.268 e. The standard InChI is InChI=1S/C23H22N4O3S/c1-15-4-5-16(2)21(12-15)30-11-10-29-20-8-6-18(7-9-20)13-19(14-24)22(28)25-23-27-26-17(3)31-23/h4-9,12-13H,10-11H2,1-3H3,(H,25,27,28). The van der Waals surface area contributed by atoms with Gasteiger partial charge in [-0.05, 0) is 61.7 Å².